The lowest BCUT2D eigenvalue weighted by molar-refractivity contribution is -0.130. The molecule has 3 rings (SSSR count). The molecule has 0 unspecified atom stereocenters. The Morgan fingerprint density at radius 1 is 1.32 bits per heavy atom. The first-order valence-corrected chi connectivity index (χ1v) is 9.27. The standard InChI is InChI=1S/C20H30N4O/c1-14(2)19-7-6-18-16(13-23(5)20(18)21-19)12-22(4)17-8-10-24(11-9-17)15(3)25/h6-7,13-14,17H,8-12H2,1-5H3. The number of rotatable bonds is 4. The highest BCUT2D eigenvalue weighted by Crippen LogP contribution is 2.25. The quantitative estimate of drug-likeness (QED) is 0.857. The topological polar surface area (TPSA) is 41.4 Å². The van der Waals surface area contributed by atoms with Crippen LogP contribution in [0.4, 0.5) is 0 Å². The first-order chi connectivity index (χ1) is 11.9. The lowest BCUT2D eigenvalue weighted by Crippen LogP contribution is -2.44. The van der Waals surface area contributed by atoms with E-state index in [1.165, 1.54) is 10.9 Å². The van der Waals surface area contributed by atoms with Gasteiger partial charge in [0.15, 0.2) is 0 Å². The van der Waals surface area contributed by atoms with Gasteiger partial charge in [-0.2, -0.15) is 0 Å². The molecule has 1 aliphatic rings. The number of fused-ring (bicyclic) bond motifs is 1. The number of carbonyl (C=O) groups excluding carboxylic acids is 1. The number of aryl methyl sites for hydroxylation is 1. The van der Waals surface area contributed by atoms with Crippen molar-refractivity contribution in [2.24, 2.45) is 7.05 Å². The van der Waals surface area contributed by atoms with Crippen LogP contribution in [0.5, 0.6) is 0 Å². The van der Waals surface area contributed by atoms with E-state index in [1.807, 2.05) is 4.90 Å². The van der Waals surface area contributed by atoms with Crippen molar-refractivity contribution in [3.63, 3.8) is 0 Å². The number of carbonyl (C=O) groups is 1. The van der Waals surface area contributed by atoms with Crippen molar-refractivity contribution in [3.8, 4) is 0 Å². The fraction of sp³-hybridized carbons (Fsp3) is 0.600. The van der Waals surface area contributed by atoms with Gasteiger partial charge < -0.3 is 9.47 Å². The molecule has 5 nitrogen and oxygen atoms in total. The molecule has 0 N–H and O–H groups in total. The van der Waals surface area contributed by atoms with Crippen LogP contribution in [0.15, 0.2) is 18.3 Å². The summed E-state index contributed by atoms with van der Waals surface area (Å²) in [5.74, 6) is 0.638. The van der Waals surface area contributed by atoms with Crippen molar-refractivity contribution in [2.75, 3.05) is 20.1 Å². The van der Waals surface area contributed by atoms with Crippen LogP contribution in [0.1, 0.15) is 50.8 Å². The number of likely N-dealkylation sites (tertiary alicyclic amines) is 1. The Morgan fingerprint density at radius 2 is 2.00 bits per heavy atom. The monoisotopic (exact) mass is 342 g/mol. The van der Waals surface area contributed by atoms with E-state index in [9.17, 15) is 4.79 Å². The minimum Gasteiger partial charge on any atom is -0.343 e. The Labute approximate surface area is 150 Å². The van der Waals surface area contributed by atoms with Gasteiger partial charge in [0.05, 0.1) is 0 Å². The van der Waals surface area contributed by atoms with Gasteiger partial charge in [0.25, 0.3) is 0 Å². The second-order valence-electron chi connectivity index (χ2n) is 7.68. The normalized spacial score (nSPS) is 16.4. The molecule has 0 spiro atoms. The number of piperidine rings is 1. The van der Waals surface area contributed by atoms with Crippen LogP contribution in [-0.2, 0) is 18.4 Å². The summed E-state index contributed by atoms with van der Waals surface area (Å²) in [5.41, 5.74) is 3.54. The number of hydrogen-bond donors (Lipinski definition) is 0. The molecule has 0 radical (unpaired) electrons. The average Bonchev–Trinajstić information content (AvgIpc) is 2.90. The molecule has 25 heavy (non-hydrogen) atoms. The van der Waals surface area contributed by atoms with E-state index in [1.54, 1.807) is 6.92 Å². The molecule has 0 bridgehead atoms. The Kier molecular flexibility index (Phi) is 5.13. The van der Waals surface area contributed by atoms with Crippen LogP contribution >= 0.6 is 0 Å². The number of aromatic nitrogens is 2. The number of amides is 1. The molecule has 0 aromatic carbocycles. The average molecular weight is 342 g/mol. The molecule has 0 saturated carbocycles. The molecule has 0 atom stereocenters. The second-order valence-corrected chi connectivity index (χ2v) is 7.68. The molecule has 3 heterocycles. The van der Waals surface area contributed by atoms with Gasteiger partial charge in [0, 0.05) is 56.9 Å². The lowest BCUT2D eigenvalue weighted by Gasteiger charge is -2.36. The second kappa shape index (κ2) is 7.16. The summed E-state index contributed by atoms with van der Waals surface area (Å²) >= 11 is 0. The summed E-state index contributed by atoms with van der Waals surface area (Å²) in [4.78, 5) is 20.7. The van der Waals surface area contributed by atoms with Gasteiger partial charge in [-0.3, -0.25) is 9.69 Å². The Morgan fingerprint density at radius 3 is 2.60 bits per heavy atom. The van der Waals surface area contributed by atoms with Crippen molar-refractivity contribution < 1.29 is 4.79 Å². The third-order valence-electron chi connectivity index (χ3n) is 5.47. The van der Waals surface area contributed by atoms with Gasteiger partial charge >= 0.3 is 0 Å². The Balaban J connectivity index is 1.73. The molecule has 1 amide bonds. The van der Waals surface area contributed by atoms with Crippen LogP contribution in [-0.4, -0.2) is 51.4 Å². The summed E-state index contributed by atoms with van der Waals surface area (Å²) < 4.78 is 2.14. The van der Waals surface area contributed by atoms with Gasteiger partial charge in [-0.15, -0.1) is 0 Å². The molecule has 136 valence electrons. The molecule has 0 aliphatic carbocycles. The van der Waals surface area contributed by atoms with Crippen LogP contribution in [0.25, 0.3) is 11.0 Å². The van der Waals surface area contributed by atoms with Gasteiger partial charge in [-0.05, 0) is 43.5 Å². The fourth-order valence-corrected chi connectivity index (χ4v) is 3.81. The predicted molar refractivity (Wildman–Crippen MR) is 102 cm³/mol. The minimum atomic E-state index is 0.196. The van der Waals surface area contributed by atoms with E-state index in [-0.39, 0.29) is 5.91 Å². The van der Waals surface area contributed by atoms with Crippen molar-refractivity contribution in [2.45, 2.75) is 52.1 Å². The zero-order valence-corrected chi connectivity index (χ0v) is 16.1. The third kappa shape index (κ3) is 3.71. The van der Waals surface area contributed by atoms with Crippen LogP contribution in [0.3, 0.4) is 0 Å². The number of pyridine rings is 1. The summed E-state index contributed by atoms with van der Waals surface area (Å²) in [6, 6.07) is 4.91. The summed E-state index contributed by atoms with van der Waals surface area (Å²) in [6.07, 6.45) is 4.32. The van der Waals surface area contributed by atoms with Gasteiger partial charge in [0.2, 0.25) is 5.91 Å². The molecular formula is C20H30N4O. The molecule has 1 aliphatic heterocycles. The molecule has 2 aromatic heterocycles. The molecule has 1 fully saturated rings. The van der Waals surface area contributed by atoms with E-state index >= 15 is 0 Å². The summed E-state index contributed by atoms with van der Waals surface area (Å²) in [6.45, 7) is 8.69. The maximum Gasteiger partial charge on any atom is 0.219 e. The molecule has 2 aromatic rings. The van der Waals surface area contributed by atoms with E-state index in [2.05, 4.69) is 55.7 Å². The largest absolute Gasteiger partial charge is 0.343 e. The van der Waals surface area contributed by atoms with Crippen molar-refractivity contribution >= 4 is 16.9 Å². The highest BCUT2D eigenvalue weighted by molar-refractivity contribution is 5.80. The maximum atomic E-state index is 11.5. The van der Waals surface area contributed by atoms with Crippen molar-refractivity contribution in [1.82, 2.24) is 19.4 Å². The molecule has 5 heteroatoms. The van der Waals surface area contributed by atoms with Gasteiger partial charge in [0.1, 0.15) is 5.65 Å². The van der Waals surface area contributed by atoms with Gasteiger partial charge in [-0.25, -0.2) is 4.98 Å². The summed E-state index contributed by atoms with van der Waals surface area (Å²) in [7, 11) is 4.27. The van der Waals surface area contributed by atoms with E-state index in [0.29, 0.717) is 12.0 Å². The number of nitrogens with zero attached hydrogens (tertiary/aromatic N) is 4. The number of hydrogen-bond acceptors (Lipinski definition) is 3. The first kappa shape index (κ1) is 17.9. The highest BCUT2D eigenvalue weighted by atomic mass is 16.2. The molecular weight excluding hydrogens is 312 g/mol. The Bertz CT molecular complexity index is 756. The third-order valence-corrected chi connectivity index (χ3v) is 5.47. The van der Waals surface area contributed by atoms with Gasteiger partial charge in [-0.1, -0.05) is 13.8 Å². The van der Waals surface area contributed by atoms with Crippen LogP contribution < -0.4 is 0 Å². The maximum absolute atomic E-state index is 11.5. The Hall–Kier alpha value is -1.88. The first-order valence-electron chi connectivity index (χ1n) is 9.27. The van der Waals surface area contributed by atoms with Crippen molar-refractivity contribution in [1.29, 1.82) is 0 Å². The van der Waals surface area contributed by atoms with Crippen LogP contribution in [0.2, 0.25) is 0 Å². The van der Waals surface area contributed by atoms with E-state index in [0.717, 1.165) is 43.8 Å². The zero-order valence-electron chi connectivity index (χ0n) is 16.1. The molecule has 1 saturated heterocycles. The zero-order chi connectivity index (χ0) is 18.1. The summed E-state index contributed by atoms with van der Waals surface area (Å²) in [5, 5.41) is 1.25. The fourth-order valence-electron chi connectivity index (χ4n) is 3.81. The SMILES string of the molecule is CC(=O)N1CCC(N(C)Cc2cn(C)c3nc(C(C)C)ccc23)CC1. The highest BCUT2D eigenvalue weighted by Gasteiger charge is 2.24. The van der Waals surface area contributed by atoms with E-state index in [4.69, 9.17) is 4.98 Å². The van der Waals surface area contributed by atoms with E-state index < -0.39 is 0 Å². The predicted octanol–water partition coefficient (Wildman–Crippen LogP) is 3.14. The van der Waals surface area contributed by atoms with Crippen molar-refractivity contribution in [3.05, 3.63) is 29.6 Å². The smallest absolute Gasteiger partial charge is 0.219 e. The minimum absolute atomic E-state index is 0.196. The van der Waals surface area contributed by atoms with Crippen LogP contribution in [0, 0.1) is 0 Å². The lowest BCUT2D eigenvalue weighted by atomic mass is 10.0.